The van der Waals surface area contributed by atoms with Crippen LogP contribution in [0.5, 0.6) is 0 Å². The number of rotatable bonds is 2. The molecule has 1 atom stereocenters. The minimum Gasteiger partial charge on any atom is -0.358 e. The number of aromatic amines is 1. The van der Waals surface area contributed by atoms with Crippen LogP contribution >= 0.6 is 0 Å². The van der Waals surface area contributed by atoms with Crippen molar-refractivity contribution in [3.63, 3.8) is 0 Å². The van der Waals surface area contributed by atoms with Crippen LogP contribution in [0.4, 0.5) is 13.2 Å². The van der Waals surface area contributed by atoms with Crippen molar-refractivity contribution in [2.24, 2.45) is 10.7 Å². The van der Waals surface area contributed by atoms with Crippen LogP contribution in [0, 0.1) is 17.5 Å². The summed E-state index contributed by atoms with van der Waals surface area (Å²) in [4.78, 5) is 7.08. The molecule has 0 aliphatic carbocycles. The van der Waals surface area contributed by atoms with Crippen molar-refractivity contribution in [2.45, 2.75) is 6.17 Å². The molecule has 4 rings (SSSR count). The molecule has 0 radical (unpaired) electrons. The van der Waals surface area contributed by atoms with Crippen LogP contribution in [0.3, 0.4) is 0 Å². The summed E-state index contributed by atoms with van der Waals surface area (Å²) in [5, 5.41) is 3.45. The van der Waals surface area contributed by atoms with Gasteiger partial charge in [-0.15, -0.1) is 0 Å². The standard InChI is InChI=1S/C18H13F3N4/c19-10-3-1-9(2-4-10)15-7-16(22)25-18(24-15)13-8-23-17-12(13)5-11(20)6-14(17)21/h1-8,16,23H,22H2,(H,24,25). The fourth-order valence-corrected chi connectivity index (χ4v) is 2.84. The minimum absolute atomic E-state index is 0.187. The molecular formula is C18H13F3N4. The quantitative estimate of drug-likeness (QED) is 0.669. The van der Waals surface area contributed by atoms with Gasteiger partial charge >= 0.3 is 0 Å². The first-order valence-electron chi connectivity index (χ1n) is 7.56. The average Bonchev–Trinajstić information content (AvgIpc) is 2.99. The van der Waals surface area contributed by atoms with E-state index >= 15 is 0 Å². The monoisotopic (exact) mass is 342 g/mol. The van der Waals surface area contributed by atoms with E-state index < -0.39 is 17.8 Å². The molecule has 0 bridgehead atoms. The topological polar surface area (TPSA) is 66.2 Å². The number of aliphatic imine (C=N–C) groups is 1. The number of benzene rings is 2. The van der Waals surface area contributed by atoms with Crippen molar-refractivity contribution in [1.29, 1.82) is 0 Å². The van der Waals surface area contributed by atoms with Gasteiger partial charge in [-0.2, -0.15) is 0 Å². The lowest BCUT2D eigenvalue weighted by molar-refractivity contribution is 0.591. The maximum absolute atomic E-state index is 13.9. The molecule has 4 N–H and O–H groups in total. The third kappa shape index (κ3) is 2.78. The summed E-state index contributed by atoms with van der Waals surface area (Å²) >= 11 is 0. The van der Waals surface area contributed by atoms with E-state index in [4.69, 9.17) is 5.73 Å². The average molecular weight is 342 g/mol. The lowest BCUT2D eigenvalue weighted by Gasteiger charge is -2.20. The molecule has 1 unspecified atom stereocenters. The molecule has 1 aliphatic rings. The number of nitrogens with zero attached hydrogens (tertiary/aromatic N) is 1. The van der Waals surface area contributed by atoms with Crippen molar-refractivity contribution < 1.29 is 13.2 Å². The van der Waals surface area contributed by atoms with Crippen LogP contribution in [-0.4, -0.2) is 17.0 Å². The third-order valence-corrected chi connectivity index (χ3v) is 3.99. The van der Waals surface area contributed by atoms with E-state index in [0.29, 0.717) is 22.5 Å². The molecule has 1 aliphatic heterocycles. The molecule has 0 spiro atoms. The number of H-pyrrole nitrogens is 1. The molecule has 2 aromatic carbocycles. The predicted molar refractivity (Wildman–Crippen MR) is 90.2 cm³/mol. The summed E-state index contributed by atoms with van der Waals surface area (Å²) in [6, 6.07) is 7.94. The molecule has 0 saturated heterocycles. The molecule has 0 fully saturated rings. The zero-order chi connectivity index (χ0) is 17.6. The maximum atomic E-state index is 13.9. The number of halogens is 3. The number of amidine groups is 1. The summed E-state index contributed by atoms with van der Waals surface area (Å²) in [6.07, 6.45) is 2.59. The largest absolute Gasteiger partial charge is 0.358 e. The SMILES string of the molecule is NC1C=C(c2ccc(F)cc2)NC(c2c[nH]c3c(F)cc(F)cc23)=N1. The van der Waals surface area contributed by atoms with E-state index in [9.17, 15) is 13.2 Å². The van der Waals surface area contributed by atoms with Gasteiger partial charge in [-0.25, -0.2) is 18.2 Å². The number of hydrogen-bond acceptors (Lipinski definition) is 3. The van der Waals surface area contributed by atoms with Gasteiger partial charge in [0.05, 0.1) is 5.52 Å². The summed E-state index contributed by atoms with van der Waals surface area (Å²) in [7, 11) is 0. The van der Waals surface area contributed by atoms with Crippen LogP contribution in [0.1, 0.15) is 11.1 Å². The zero-order valence-corrected chi connectivity index (χ0v) is 12.9. The molecule has 1 aromatic heterocycles. The van der Waals surface area contributed by atoms with E-state index in [-0.39, 0.29) is 11.3 Å². The van der Waals surface area contributed by atoms with Gasteiger partial charge in [0.2, 0.25) is 0 Å². The number of hydrogen-bond donors (Lipinski definition) is 3. The molecule has 2 heterocycles. The Balaban J connectivity index is 1.75. The van der Waals surface area contributed by atoms with Crippen molar-refractivity contribution in [3.8, 4) is 0 Å². The van der Waals surface area contributed by atoms with Crippen molar-refractivity contribution >= 4 is 22.4 Å². The molecule has 4 nitrogen and oxygen atoms in total. The summed E-state index contributed by atoms with van der Waals surface area (Å²) in [5.74, 6) is -1.33. The normalized spacial score (nSPS) is 17.2. The Morgan fingerprint density at radius 1 is 1.00 bits per heavy atom. The van der Waals surface area contributed by atoms with Gasteiger partial charge in [0.25, 0.3) is 0 Å². The smallest absolute Gasteiger partial charge is 0.150 e. The Kier molecular flexibility index (Phi) is 3.58. The second kappa shape index (κ2) is 5.78. The van der Waals surface area contributed by atoms with Gasteiger partial charge in [0.1, 0.15) is 29.5 Å². The van der Waals surface area contributed by atoms with Crippen LogP contribution in [-0.2, 0) is 0 Å². The maximum Gasteiger partial charge on any atom is 0.150 e. The highest BCUT2D eigenvalue weighted by Gasteiger charge is 2.19. The first-order valence-corrected chi connectivity index (χ1v) is 7.56. The fraction of sp³-hybridized carbons (Fsp3) is 0.0556. The van der Waals surface area contributed by atoms with Crippen LogP contribution < -0.4 is 11.1 Å². The first-order chi connectivity index (χ1) is 12.0. The van der Waals surface area contributed by atoms with Crippen LogP contribution in [0.15, 0.2) is 53.7 Å². The Morgan fingerprint density at radius 2 is 1.76 bits per heavy atom. The molecule has 0 saturated carbocycles. The second-order valence-electron chi connectivity index (χ2n) is 5.69. The summed E-state index contributed by atoms with van der Waals surface area (Å²) in [6.45, 7) is 0. The molecular weight excluding hydrogens is 329 g/mol. The molecule has 126 valence electrons. The third-order valence-electron chi connectivity index (χ3n) is 3.99. The number of aromatic nitrogens is 1. The highest BCUT2D eigenvalue weighted by atomic mass is 19.1. The Bertz CT molecular complexity index is 1020. The number of fused-ring (bicyclic) bond motifs is 1. The number of nitrogens with one attached hydrogen (secondary N) is 2. The zero-order valence-electron chi connectivity index (χ0n) is 12.9. The van der Waals surface area contributed by atoms with Gasteiger partial charge in [-0.3, -0.25) is 0 Å². The van der Waals surface area contributed by atoms with Gasteiger partial charge in [0.15, 0.2) is 0 Å². The predicted octanol–water partition coefficient (Wildman–Crippen LogP) is 3.26. The first kappa shape index (κ1) is 15.5. The Morgan fingerprint density at radius 3 is 2.52 bits per heavy atom. The molecule has 3 aromatic rings. The van der Waals surface area contributed by atoms with E-state index in [0.717, 1.165) is 11.6 Å². The summed E-state index contributed by atoms with van der Waals surface area (Å²) in [5.41, 5.74) is 8.01. The molecule has 0 amide bonds. The molecule has 25 heavy (non-hydrogen) atoms. The van der Waals surface area contributed by atoms with E-state index in [1.54, 1.807) is 24.4 Å². The van der Waals surface area contributed by atoms with Crippen molar-refractivity contribution in [3.05, 3.63) is 77.2 Å². The van der Waals surface area contributed by atoms with Gasteiger partial charge in [-0.1, -0.05) is 0 Å². The fourth-order valence-electron chi connectivity index (χ4n) is 2.84. The van der Waals surface area contributed by atoms with Gasteiger partial charge in [0, 0.05) is 28.9 Å². The van der Waals surface area contributed by atoms with Crippen molar-refractivity contribution in [2.75, 3.05) is 0 Å². The van der Waals surface area contributed by atoms with Crippen molar-refractivity contribution in [1.82, 2.24) is 10.3 Å². The Hall–Kier alpha value is -3.06. The Labute approximate surface area is 140 Å². The van der Waals surface area contributed by atoms with Gasteiger partial charge in [-0.05, 0) is 42.0 Å². The van der Waals surface area contributed by atoms with E-state index in [1.165, 1.54) is 18.2 Å². The highest BCUT2D eigenvalue weighted by molar-refractivity contribution is 6.13. The van der Waals surface area contributed by atoms with E-state index in [2.05, 4.69) is 15.3 Å². The second-order valence-corrected chi connectivity index (χ2v) is 5.69. The summed E-state index contributed by atoms with van der Waals surface area (Å²) < 4.78 is 40.6. The van der Waals surface area contributed by atoms with Crippen LogP contribution in [0.2, 0.25) is 0 Å². The minimum atomic E-state index is -0.684. The van der Waals surface area contributed by atoms with Crippen LogP contribution in [0.25, 0.3) is 16.6 Å². The molecule has 7 heteroatoms. The number of nitrogens with two attached hydrogens (primary N) is 1. The highest BCUT2D eigenvalue weighted by Crippen LogP contribution is 2.25. The lowest BCUT2D eigenvalue weighted by Crippen LogP contribution is -2.32. The van der Waals surface area contributed by atoms with Gasteiger partial charge < -0.3 is 16.0 Å². The van der Waals surface area contributed by atoms with E-state index in [1.807, 2.05) is 0 Å². The lowest BCUT2D eigenvalue weighted by atomic mass is 10.1.